The average molecular weight is 345 g/mol. The first kappa shape index (κ1) is 16.2. The van der Waals surface area contributed by atoms with Gasteiger partial charge in [-0.3, -0.25) is 0 Å². The van der Waals surface area contributed by atoms with Crippen molar-refractivity contribution in [1.29, 1.82) is 5.26 Å². The first-order valence-electron chi connectivity index (χ1n) is 8.55. The van der Waals surface area contributed by atoms with Crippen molar-refractivity contribution in [3.63, 3.8) is 0 Å². The summed E-state index contributed by atoms with van der Waals surface area (Å²) in [7, 11) is 0. The van der Waals surface area contributed by atoms with Gasteiger partial charge in [0.15, 0.2) is 0 Å². The first-order valence-corrected chi connectivity index (χ1v) is 8.55. The number of hydrogen-bond acceptors (Lipinski definition) is 4. The maximum Gasteiger partial charge on any atom is 0.233 e. The lowest BCUT2D eigenvalue weighted by Crippen LogP contribution is -2.36. The topological polar surface area (TPSA) is 60.1 Å². The van der Waals surface area contributed by atoms with E-state index in [0.717, 1.165) is 17.0 Å². The van der Waals surface area contributed by atoms with Crippen LogP contribution in [0.15, 0.2) is 60.8 Å². The highest BCUT2D eigenvalue weighted by Gasteiger charge is 2.35. The summed E-state index contributed by atoms with van der Waals surface area (Å²) in [4.78, 5) is 0. The van der Waals surface area contributed by atoms with Crippen molar-refractivity contribution in [2.75, 3.05) is 0 Å². The molecule has 0 bridgehead atoms. The second kappa shape index (κ2) is 6.23. The zero-order chi connectivity index (χ0) is 18.1. The highest BCUT2D eigenvalue weighted by Crippen LogP contribution is 2.42. The molecule has 2 aromatic carbocycles. The molecule has 5 nitrogen and oxygen atoms in total. The summed E-state index contributed by atoms with van der Waals surface area (Å²) in [6.45, 7) is 4.07. The Kier molecular flexibility index (Phi) is 3.89. The SMILES string of the molecule is CC1(C)C[C@H](Oc2ccn(-c3ccccc3)n2)c2cc(C#N)ccc2O1. The minimum absolute atomic E-state index is 0.221. The molecule has 0 saturated heterocycles. The van der Waals surface area contributed by atoms with E-state index in [1.54, 1.807) is 10.7 Å². The van der Waals surface area contributed by atoms with Crippen LogP contribution in [0.1, 0.15) is 37.5 Å². The van der Waals surface area contributed by atoms with Crippen molar-refractivity contribution in [1.82, 2.24) is 9.78 Å². The molecule has 0 aliphatic carbocycles. The van der Waals surface area contributed by atoms with E-state index in [1.165, 1.54) is 0 Å². The molecule has 26 heavy (non-hydrogen) atoms. The zero-order valence-corrected chi connectivity index (χ0v) is 14.7. The fourth-order valence-corrected chi connectivity index (χ4v) is 3.20. The summed E-state index contributed by atoms with van der Waals surface area (Å²) in [5, 5.41) is 13.7. The molecule has 1 aliphatic heterocycles. The average Bonchev–Trinajstić information content (AvgIpc) is 3.10. The van der Waals surface area contributed by atoms with Gasteiger partial charge in [-0.25, -0.2) is 4.68 Å². The smallest absolute Gasteiger partial charge is 0.233 e. The van der Waals surface area contributed by atoms with Crippen molar-refractivity contribution >= 4 is 0 Å². The van der Waals surface area contributed by atoms with E-state index < -0.39 is 0 Å². The lowest BCUT2D eigenvalue weighted by Gasteiger charge is -2.37. The molecule has 0 N–H and O–H groups in total. The van der Waals surface area contributed by atoms with Crippen LogP contribution in [0.4, 0.5) is 0 Å². The molecule has 0 radical (unpaired) electrons. The van der Waals surface area contributed by atoms with Crippen molar-refractivity contribution in [3.05, 3.63) is 71.9 Å². The third-order valence-corrected chi connectivity index (χ3v) is 4.40. The van der Waals surface area contributed by atoms with E-state index in [-0.39, 0.29) is 11.7 Å². The van der Waals surface area contributed by atoms with Crippen LogP contribution in [-0.4, -0.2) is 15.4 Å². The Labute approximate surface area is 152 Å². The molecule has 3 aromatic rings. The number of rotatable bonds is 3. The summed E-state index contributed by atoms with van der Waals surface area (Å²) in [6.07, 6.45) is 2.33. The van der Waals surface area contributed by atoms with Gasteiger partial charge in [-0.05, 0) is 44.2 Å². The monoisotopic (exact) mass is 345 g/mol. The molecular weight excluding hydrogens is 326 g/mol. The van der Waals surface area contributed by atoms with E-state index in [0.29, 0.717) is 17.9 Å². The van der Waals surface area contributed by atoms with Gasteiger partial charge in [0.25, 0.3) is 0 Å². The van der Waals surface area contributed by atoms with Crippen molar-refractivity contribution in [3.8, 4) is 23.4 Å². The second-order valence-electron chi connectivity index (χ2n) is 6.97. The van der Waals surface area contributed by atoms with E-state index >= 15 is 0 Å². The number of fused-ring (bicyclic) bond motifs is 1. The quantitative estimate of drug-likeness (QED) is 0.705. The molecule has 0 amide bonds. The molecular formula is C21H19N3O2. The summed E-state index contributed by atoms with van der Waals surface area (Å²) in [5.74, 6) is 1.30. The maximum atomic E-state index is 9.20. The van der Waals surface area contributed by atoms with Gasteiger partial charge >= 0.3 is 0 Å². The summed E-state index contributed by atoms with van der Waals surface area (Å²) >= 11 is 0. The summed E-state index contributed by atoms with van der Waals surface area (Å²) < 4.78 is 14.0. The molecule has 0 fully saturated rings. The van der Waals surface area contributed by atoms with Crippen LogP contribution in [0.5, 0.6) is 11.6 Å². The van der Waals surface area contributed by atoms with Gasteiger partial charge in [-0.15, -0.1) is 5.10 Å². The van der Waals surface area contributed by atoms with Gasteiger partial charge in [-0.2, -0.15) is 5.26 Å². The molecule has 0 unspecified atom stereocenters. The van der Waals surface area contributed by atoms with Crippen molar-refractivity contribution < 1.29 is 9.47 Å². The van der Waals surface area contributed by atoms with E-state index in [9.17, 15) is 5.26 Å². The molecule has 2 heterocycles. The van der Waals surface area contributed by atoms with E-state index in [1.807, 2.05) is 68.6 Å². The summed E-state index contributed by atoms with van der Waals surface area (Å²) in [5.41, 5.74) is 2.10. The highest BCUT2D eigenvalue weighted by atomic mass is 16.5. The lowest BCUT2D eigenvalue weighted by molar-refractivity contribution is 0.0202. The molecule has 4 rings (SSSR count). The minimum Gasteiger partial charge on any atom is -0.487 e. The Morgan fingerprint density at radius 2 is 2.00 bits per heavy atom. The fourth-order valence-electron chi connectivity index (χ4n) is 3.20. The van der Waals surface area contributed by atoms with Crippen LogP contribution in [-0.2, 0) is 0 Å². The molecule has 0 saturated carbocycles. The van der Waals surface area contributed by atoms with Crippen molar-refractivity contribution in [2.45, 2.75) is 32.0 Å². The van der Waals surface area contributed by atoms with Crippen LogP contribution in [0, 0.1) is 11.3 Å². The molecule has 130 valence electrons. The van der Waals surface area contributed by atoms with E-state index in [2.05, 4.69) is 11.2 Å². The maximum absolute atomic E-state index is 9.20. The molecule has 1 aliphatic rings. The number of hydrogen-bond donors (Lipinski definition) is 0. The zero-order valence-electron chi connectivity index (χ0n) is 14.7. The number of nitrogens with zero attached hydrogens (tertiary/aromatic N) is 3. The Balaban J connectivity index is 1.64. The lowest BCUT2D eigenvalue weighted by atomic mass is 9.91. The Morgan fingerprint density at radius 3 is 2.77 bits per heavy atom. The summed E-state index contributed by atoms with van der Waals surface area (Å²) in [6, 6.07) is 19.4. The Bertz CT molecular complexity index is 970. The fraction of sp³-hybridized carbons (Fsp3) is 0.238. The number of benzene rings is 2. The largest absolute Gasteiger partial charge is 0.487 e. The van der Waals surface area contributed by atoms with Crippen LogP contribution in [0.2, 0.25) is 0 Å². The van der Waals surface area contributed by atoms with Gasteiger partial charge < -0.3 is 9.47 Å². The number of para-hydroxylation sites is 1. The number of ether oxygens (including phenoxy) is 2. The minimum atomic E-state index is -0.353. The molecule has 0 spiro atoms. The predicted molar refractivity (Wildman–Crippen MR) is 97.4 cm³/mol. The standard InChI is InChI=1S/C21H19N3O2/c1-21(2)13-19(17-12-15(14-22)8-9-18(17)26-21)25-20-10-11-24(23-20)16-6-4-3-5-7-16/h3-12,19H,13H2,1-2H3/t19-/m0/s1. The van der Waals surface area contributed by atoms with Crippen molar-refractivity contribution in [2.24, 2.45) is 0 Å². The van der Waals surface area contributed by atoms with Crippen LogP contribution >= 0.6 is 0 Å². The van der Waals surface area contributed by atoms with Gasteiger partial charge in [0.05, 0.1) is 17.3 Å². The van der Waals surface area contributed by atoms with Gasteiger partial charge in [0, 0.05) is 24.2 Å². The van der Waals surface area contributed by atoms with Crippen LogP contribution < -0.4 is 9.47 Å². The van der Waals surface area contributed by atoms with Gasteiger partial charge in [0.1, 0.15) is 17.5 Å². The number of aromatic nitrogens is 2. The first-order chi connectivity index (χ1) is 12.5. The van der Waals surface area contributed by atoms with E-state index in [4.69, 9.17) is 9.47 Å². The van der Waals surface area contributed by atoms with Gasteiger partial charge in [-0.1, -0.05) is 18.2 Å². The Hall–Kier alpha value is -3.26. The third kappa shape index (κ3) is 3.14. The molecule has 1 atom stereocenters. The normalized spacial score (nSPS) is 17.7. The molecule has 1 aromatic heterocycles. The van der Waals surface area contributed by atoms with Crippen LogP contribution in [0.3, 0.4) is 0 Å². The molecule has 5 heteroatoms. The van der Waals surface area contributed by atoms with Crippen LogP contribution in [0.25, 0.3) is 5.69 Å². The van der Waals surface area contributed by atoms with Gasteiger partial charge in [0.2, 0.25) is 5.88 Å². The third-order valence-electron chi connectivity index (χ3n) is 4.40. The predicted octanol–water partition coefficient (Wildman–Crippen LogP) is 4.43. The number of nitriles is 1. The Morgan fingerprint density at radius 1 is 1.19 bits per heavy atom. The second-order valence-corrected chi connectivity index (χ2v) is 6.97. The highest BCUT2D eigenvalue weighted by molar-refractivity contribution is 5.45.